The van der Waals surface area contributed by atoms with Crippen LogP contribution in [0, 0.1) is 0 Å². The van der Waals surface area contributed by atoms with Gasteiger partial charge in [0.25, 0.3) is 0 Å². The van der Waals surface area contributed by atoms with Gasteiger partial charge in [0.1, 0.15) is 5.60 Å². The average molecular weight is 497 g/mol. The maximum Gasteiger partial charge on any atom is 0.410 e. The van der Waals surface area contributed by atoms with Gasteiger partial charge in [-0.15, -0.1) is 11.3 Å². The maximum atomic E-state index is 12.8. The average Bonchev–Trinajstić information content (AvgIpc) is 3.21. The van der Waals surface area contributed by atoms with Gasteiger partial charge in [-0.25, -0.2) is 9.78 Å². The van der Waals surface area contributed by atoms with Crippen LogP contribution in [-0.2, 0) is 22.4 Å². The molecule has 0 aliphatic rings. The Morgan fingerprint density at radius 2 is 1.83 bits per heavy atom. The summed E-state index contributed by atoms with van der Waals surface area (Å²) in [7, 11) is 0. The Kier molecular flexibility index (Phi) is 8.84. The van der Waals surface area contributed by atoms with Gasteiger partial charge < -0.3 is 25.8 Å². The van der Waals surface area contributed by atoms with Crippen molar-refractivity contribution in [3.8, 4) is 0 Å². The molecule has 2 amide bonds. The van der Waals surface area contributed by atoms with Crippen LogP contribution in [0.25, 0.3) is 0 Å². The number of nitrogens with zero attached hydrogens (tertiary/aromatic N) is 2. The van der Waals surface area contributed by atoms with Gasteiger partial charge in [-0.3, -0.25) is 4.79 Å². The van der Waals surface area contributed by atoms with E-state index in [1.807, 2.05) is 75.4 Å². The van der Waals surface area contributed by atoms with Crippen LogP contribution in [0.5, 0.6) is 0 Å². The third-order valence-corrected chi connectivity index (χ3v) is 5.77. The number of hydrogen-bond donors (Lipinski definition) is 3. The van der Waals surface area contributed by atoms with Crippen LogP contribution in [-0.4, -0.2) is 45.7 Å². The molecule has 186 valence electrons. The monoisotopic (exact) mass is 496 g/mol. The van der Waals surface area contributed by atoms with Gasteiger partial charge in [-0.1, -0.05) is 42.5 Å². The van der Waals surface area contributed by atoms with E-state index < -0.39 is 17.8 Å². The Morgan fingerprint density at radius 3 is 2.43 bits per heavy atom. The molecule has 0 saturated carbocycles. The minimum atomic E-state index is -0.825. The van der Waals surface area contributed by atoms with Crippen molar-refractivity contribution < 1.29 is 19.4 Å². The Bertz CT molecular complexity index is 1110. The lowest BCUT2D eigenvalue weighted by Crippen LogP contribution is -2.40. The molecule has 1 atom stereocenters. The van der Waals surface area contributed by atoms with Gasteiger partial charge in [0.05, 0.1) is 24.8 Å². The second-order valence-corrected chi connectivity index (χ2v) is 10.1. The molecule has 0 saturated heterocycles. The lowest BCUT2D eigenvalue weighted by molar-refractivity contribution is -0.115. The Morgan fingerprint density at radius 1 is 1.14 bits per heavy atom. The summed E-state index contributed by atoms with van der Waals surface area (Å²) in [4.78, 5) is 30.7. The van der Waals surface area contributed by atoms with Crippen molar-refractivity contribution >= 4 is 34.2 Å². The van der Waals surface area contributed by atoms with Crippen LogP contribution in [0.4, 0.5) is 15.6 Å². The lowest BCUT2D eigenvalue weighted by atomic mass is 10.1. The second-order valence-electron chi connectivity index (χ2n) is 9.20. The first kappa shape index (κ1) is 26.2. The summed E-state index contributed by atoms with van der Waals surface area (Å²) in [6.07, 6.45) is -0.578. The van der Waals surface area contributed by atoms with Crippen LogP contribution in [0.1, 0.15) is 43.7 Å². The fourth-order valence-corrected chi connectivity index (χ4v) is 3.93. The highest BCUT2D eigenvalue weighted by Gasteiger charge is 2.24. The van der Waals surface area contributed by atoms with E-state index in [0.717, 1.165) is 11.1 Å². The first-order chi connectivity index (χ1) is 16.6. The fraction of sp³-hybridized carbons (Fsp3) is 0.346. The van der Waals surface area contributed by atoms with Gasteiger partial charge in [0.2, 0.25) is 5.91 Å². The topological polar surface area (TPSA) is 118 Å². The number of carbonyl (C=O) groups excluding carboxylic acids is 2. The molecular weight excluding hydrogens is 464 g/mol. The molecule has 4 N–H and O–H groups in total. The molecule has 1 aromatic heterocycles. The summed E-state index contributed by atoms with van der Waals surface area (Å²) in [6.45, 7) is 5.93. The quantitative estimate of drug-likeness (QED) is 0.404. The van der Waals surface area contributed by atoms with Crippen LogP contribution < -0.4 is 11.1 Å². The van der Waals surface area contributed by atoms with Crippen molar-refractivity contribution in [2.45, 2.75) is 45.3 Å². The molecule has 35 heavy (non-hydrogen) atoms. The molecule has 0 fully saturated rings. The molecule has 1 unspecified atom stereocenters. The van der Waals surface area contributed by atoms with Gasteiger partial charge in [-0.05, 0) is 50.5 Å². The highest BCUT2D eigenvalue weighted by atomic mass is 32.1. The highest BCUT2D eigenvalue weighted by Crippen LogP contribution is 2.18. The zero-order valence-electron chi connectivity index (χ0n) is 20.2. The summed E-state index contributed by atoms with van der Waals surface area (Å²) in [5, 5.41) is 15.7. The third kappa shape index (κ3) is 8.70. The number of nitrogens with two attached hydrogens (primary N) is 1. The van der Waals surface area contributed by atoms with E-state index in [4.69, 9.17) is 10.5 Å². The van der Waals surface area contributed by atoms with E-state index in [-0.39, 0.29) is 18.9 Å². The largest absolute Gasteiger partial charge is 0.444 e. The highest BCUT2D eigenvalue weighted by molar-refractivity contribution is 7.13. The molecule has 0 aliphatic carbocycles. The number of aliphatic hydroxyl groups excluding tert-OH is 1. The maximum absolute atomic E-state index is 12.8. The van der Waals surface area contributed by atoms with Crippen LogP contribution in [0.3, 0.4) is 0 Å². The van der Waals surface area contributed by atoms with Crippen LogP contribution in [0.15, 0.2) is 60.0 Å². The molecule has 3 rings (SSSR count). The number of aliphatic hydroxyl groups is 1. The third-order valence-electron chi connectivity index (χ3n) is 5.05. The zero-order valence-corrected chi connectivity index (χ0v) is 21.0. The SMILES string of the molecule is CC(C)(C)OC(=O)N(CCc1ccc(NC(=O)Cc2csc(N)n2)cc1)CC(O)c1ccccc1. The van der Waals surface area contributed by atoms with E-state index in [1.165, 1.54) is 16.2 Å². The van der Waals surface area contributed by atoms with E-state index in [1.54, 1.807) is 5.38 Å². The predicted octanol–water partition coefficient (Wildman–Crippen LogP) is 4.42. The van der Waals surface area contributed by atoms with Crippen LogP contribution in [0.2, 0.25) is 0 Å². The van der Waals surface area contributed by atoms with Crippen molar-refractivity contribution in [2.75, 3.05) is 24.1 Å². The first-order valence-electron chi connectivity index (χ1n) is 11.4. The lowest BCUT2D eigenvalue weighted by Gasteiger charge is -2.29. The number of thiazole rings is 1. The molecule has 2 aromatic carbocycles. The number of carbonyl (C=O) groups is 2. The number of hydrogen-bond acceptors (Lipinski definition) is 7. The predicted molar refractivity (Wildman–Crippen MR) is 138 cm³/mol. The summed E-state index contributed by atoms with van der Waals surface area (Å²) in [5.74, 6) is -0.172. The van der Waals surface area contributed by atoms with Gasteiger partial charge in [0, 0.05) is 17.6 Å². The normalized spacial score (nSPS) is 12.1. The number of amides is 2. The van der Waals surface area contributed by atoms with E-state index >= 15 is 0 Å². The smallest absolute Gasteiger partial charge is 0.410 e. The molecule has 8 nitrogen and oxygen atoms in total. The first-order valence-corrected chi connectivity index (χ1v) is 12.3. The van der Waals surface area contributed by atoms with Gasteiger partial charge in [0.15, 0.2) is 5.13 Å². The molecule has 3 aromatic rings. The Labute approximate surface area is 209 Å². The number of nitrogen functional groups attached to an aromatic ring is 1. The number of nitrogens with one attached hydrogen (secondary N) is 1. The van der Waals surface area contributed by atoms with Crippen molar-refractivity contribution in [2.24, 2.45) is 0 Å². The Balaban J connectivity index is 1.59. The number of anilines is 2. The van der Waals surface area contributed by atoms with Gasteiger partial charge in [-0.2, -0.15) is 0 Å². The molecule has 9 heteroatoms. The summed E-state index contributed by atoms with van der Waals surface area (Å²) < 4.78 is 5.55. The van der Waals surface area contributed by atoms with Gasteiger partial charge >= 0.3 is 6.09 Å². The van der Waals surface area contributed by atoms with Crippen molar-refractivity contribution in [3.05, 3.63) is 76.8 Å². The molecule has 1 heterocycles. The second kappa shape index (κ2) is 11.8. The van der Waals surface area contributed by atoms with E-state index in [0.29, 0.717) is 29.5 Å². The van der Waals surface area contributed by atoms with Crippen molar-refractivity contribution in [1.29, 1.82) is 0 Å². The number of ether oxygens (including phenoxy) is 1. The molecular formula is C26H32N4O4S. The Hall–Kier alpha value is -3.43. The van der Waals surface area contributed by atoms with Crippen LogP contribution >= 0.6 is 11.3 Å². The molecule has 0 radical (unpaired) electrons. The summed E-state index contributed by atoms with van der Waals surface area (Å²) in [5.41, 5.74) is 8.00. The number of rotatable bonds is 9. The molecule has 0 bridgehead atoms. The summed E-state index contributed by atoms with van der Waals surface area (Å²) >= 11 is 1.30. The minimum Gasteiger partial charge on any atom is -0.444 e. The molecule has 0 aliphatic heterocycles. The van der Waals surface area contributed by atoms with E-state index in [9.17, 15) is 14.7 Å². The standard InChI is InChI=1S/C26H32N4O4S/c1-26(2,3)34-25(33)30(16-22(31)19-7-5-4-6-8-19)14-13-18-9-11-20(12-10-18)28-23(32)15-21-17-35-24(27)29-21/h4-12,17,22,31H,13-16H2,1-3H3,(H2,27,29)(H,28,32). The van der Waals surface area contributed by atoms with Crippen molar-refractivity contribution in [1.82, 2.24) is 9.88 Å². The zero-order chi connectivity index (χ0) is 25.4. The number of benzene rings is 2. The summed E-state index contributed by atoms with van der Waals surface area (Å²) in [6, 6.07) is 16.7. The fourth-order valence-electron chi connectivity index (χ4n) is 3.37. The van der Waals surface area contributed by atoms with E-state index in [2.05, 4.69) is 10.3 Å². The minimum absolute atomic E-state index is 0.119. The molecule has 0 spiro atoms. The van der Waals surface area contributed by atoms with Crippen molar-refractivity contribution in [3.63, 3.8) is 0 Å². The number of aromatic nitrogens is 1.